The summed E-state index contributed by atoms with van der Waals surface area (Å²) in [7, 11) is 0. The van der Waals surface area contributed by atoms with Crippen molar-refractivity contribution in [1.82, 2.24) is 9.38 Å². The Hall–Kier alpha value is -2.72. The fourth-order valence-corrected chi connectivity index (χ4v) is 3.33. The molecule has 0 atom stereocenters. The molecule has 2 heterocycles. The fourth-order valence-electron chi connectivity index (χ4n) is 2.57. The van der Waals surface area contributed by atoms with Crippen molar-refractivity contribution >= 4 is 46.4 Å². The van der Waals surface area contributed by atoms with Crippen LogP contribution < -0.4 is 5.32 Å². The molecule has 6 nitrogen and oxygen atoms in total. The van der Waals surface area contributed by atoms with E-state index in [2.05, 4.69) is 4.98 Å². The maximum Gasteiger partial charge on any atom is 0.418 e. The van der Waals surface area contributed by atoms with Gasteiger partial charge in [-0.15, -0.1) is 0 Å². The molecule has 0 aliphatic heterocycles. The second-order valence-corrected chi connectivity index (χ2v) is 6.87. The normalized spacial score (nSPS) is 11.5. The van der Waals surface area contributed by atoms with Crippen molar-refractivity contribution in [2.24, 2.45) is 0 Å². The highest BCUT2D eigenvalue weighted by Gasteiger charge is 2.35. The number of rotatable bonds is 5. The average molecular weight is 444 g/mol. The average Bonchev–Trinajstić information content (AvgIpc) is 3.06. The summed E-state index contributed by atoms with van der Waals surface area (Å²) in [5.74, 6) is -1.84. The van der Waals surface area contributed by atoms with Gasteiger partial charge in [0.15, 0.2) is 17.5 Å². The standard InChI is InChI=1S/C18H13ClF3N3O3S/c1-29-17-24-15(12-7-2-3-8-25(12)17)16(27)28-9-13(26)23-14-10(18(20,21)22)5-4-6-11(14)19/h2-8H,9H2,1H3,(H,23,26). The molecule has 152 valence electrons. The second kappa shape index (κ2) is 8.34. The van der Waals surface area contributed by atoms with E-state index in [1.807, 2.05) is 5.32 Å². The Morgan fingerprint density at radius 1 is 1.24 bits per heavy atom. The number of nitrogens with one attached hydrogen (secondary N) is 1. The number of esters is 1. The molecule has 0 aliphatic rings. The van der Waals surface area contributed by atoms with Crippen LogP contribution in [0.5, 0.6) is 0 Å². The van der Waals surface area contributed by atoms with Crippen molar-refractivity contribution in [2.45, 2.75) is 11.3 Å². The van der Waals surface area contributed by atoms with Crippen LogP contribution in [0, 0.1) is 0 Å². The number of nitrogens with zero attached hydrogens (tertiary/aromatic N) is 2. The third-order valence-electron chi connectivity index (χ3n) is 3.81. The molecule has 11 heteroatoms. The van der Waals surface area contributed by atoms with Gasteiger partial charge in [0.2, 0.25) is 0 Å². The van der Waals surface area contributed by atoms with E-state index in [4.69, 9.17) is 16.3 Å². The number of carbonyl (C=O) groups excluding carboxylic acids is 2. The molecule has 1 aromatic carbocycles. The van der Waals surface area contributed by atoms with Gasteiger partial charge in [-0.25, -0.2) is 9.78 Å². The number of ether oxygens (including phenoxy) is 1. The quantitative estimate of drug-likeness (QED) is 0.463. The molecule has 3 aromatic rings. The highest BCUT2D eigenvalue weighted by Crippen LogP contribution is 2.38. The molecule has 0 bridgehead atoms. The molecule has 1 N–H and O–H groups in total. The number of fused-ring (bicyclic) bond motifs is 1. The third kappa shape index (κ3) is 4.48. The van der Waals surface area contributed by atoms with E-state index in [-0.39, 0.29) is 10.7 Å². The molecule has 0 saturated heterocycles. The van der Waals surface area contributed by atoms with Gasteiger partial charge in [0, 0.05) is 6.20 Å². The van der Waals surface area contributed by atoms with Crippen LogP contribution in [-0.4, -0.2) is 34.1 Å². The molecule has 0 aliphatic carbocycles. The minimum Gasteiger partial charge on any atom is -0.451 e. The lowest BCUT2D eigenvalue weighted by Crippen LogP contribution is -2.23. The summed E-state index contributed by atoms with van der Waals surface area (Å²) >= 11 is 7.10. The van der Waals surface area contributed by atoms with Crippen LogP contribution in [0.15, 0.2) is 47.8 Å². The van der Waals surface area contributed by atoms with E-state index in [0.717, 1.165) is 12.1 Å². The zero-order valence-electron chi connectivity index (χ0n) is 14.8. The number of carbonyl (C=O) groups is 2. The predicted octanol–water partition coefficient (Wildman–Crippen LogP) is 4.52. The fraction of sp³-hybridized carbons (Fsp3) is 0.167. The minimum absolute atomic E-state index is 0.00326. The Morgan fingerprint density at radius 3 is 2.69 bits per heavy atom. The first-order valence-corrected chi connectivity index (χ1v) is 9.66. The van der Waals surface area contributed by atoms with Crippen molar-refractivity contribution in [2.75, 3.05) is 18.2 Å². The van der Waals surface area contributed by atoms with Crippen molar-refractivity contribution < 1.29 is 27.5 Å². The molecule has 0 spiro atoms. The molecule has 29 heavy (non-hydrogen) atoms. The summed E-state index contributed by atoms with van der Waals surface area (Å²) in [4.78, 5) is 28.6. The summed E-state index contributed by atoms with van der Waals surface area (Å²) in [5, 5.41) is 2.30. The summed E-state index contributed by atoms with van der Waals surface area (Å²) in [6.07, 6.45) is -1.21. The van der Waals surface area contributed by atoms with Crippen molar-refractivity contribution in [3.63, 3.8) is 0 Å². The largest absolute Gasteiger partial charge is 0.451 e. The van der Waals surface area contributed by atoms with Gasteiger partial charge >= 0.3 is 12.1 Å². The van der Waals surface area contributed by atoms with Gasteiger partial charge in [0.05, 0.1) is 21.8 Å². The van der Waals surface area contributed by atoms with E-state index in [9.17, 15) is 22.8 Å². The lowest BCUT2D eigenvalue weighted by Gasteiger charge is -2.15. The highest BCUT2D eigenvalue weighted by molar-refractivity contribution is 7.98. The van der Waals surface area contributed by atoms with E-state index in [1.165, 1.54) is 17.8 Å². The molecule has 0 unspecified atom stereocenters. The van der Waals surface area contributed by atoms with Crippen molar-refractivity contribution in [3.8, 4) is 0 Å². The number of imidazole rings is 1. The lowest BCUT2D eigenvalue weighted by molar-refractivity contribution is -0.137. The maximum atomic E-state index is 13.1. The predicted molar refractivity (Wildman–Crippen MR) is 102 cm³/mol. The first-order chi connectivity index (χ1) is 13.7. The first kappa shape index (κ1) is 21.0. The molecule has 0 saturated carbocycles. The van der Waals surface area contributed by atoms with Gasteiger partial charge in [-0.3, -0.25) is 9.20 Å². The van der Waals surface area contributed by atoms with Gasteiger partial charge < -0.3 is 10.1 Å². The van der Waals surface area contributed by atoms with Gasteiger partial charge in [-0.1, -0.05) is 35.5 Å². The van der Waals surface area contributed by atoms with Crippen LogP contribution in [0.25, 0.3) is 5.52 Å². The van der Waals surface area contributed by atoms with Gasteiger partial charge in [0.1, 0.15) is 0 Å². The Morgan fingerprint density at radius 2 is 2.00 bits per heavy atom. The SMILES string of the molecule is CSc1nc(C(=O)OCC(=O)Nc2c(Cl)cccc2C(F)(F)F)c2ccccn12. The number of aromatic nitrogens is 2. The topological polar surface area (TPSA) is 72.7 Å². The number of pyridine rings is 1. The smallest absolute Gasteiger partial charge is 0.418 e. The van der Waals surface area contributed by atoms with E-state index < -0.39 is 35.9 Å². The van der Waals surface area contributed by atoms with E-state index in [0.29, 0.717) is 10.7 Å². The number of amides is 1. The van der Waals surface area contributed by atoms with Crippen molar-refractivity contribution in [1.29, 1.82) is 0 Å². The molecule has 1 amide bonds. The van der Waals surface area contributed by atoms with Crippen molar-refractivity contribution in [3.05, 3.63) is 58.9 Å². The zero-order chi connectivity index (χ0) is 21.2. The van der Waals surface area contributed by atoms with E-state index >= 15 is 0 Å². The molecular weight excluding hydrogens is 431 g/mol. The Labute approximate surface area is 172 Å². The number of hydrogen-bond acceptors (Lipinski definition) is 5. The van der Waals surface area contributed by atoms with Gasteiger partial charge in [-0.2, -0.15) is 13.2 Å². The number of alkyl halides is 3. The van der Waals surface area contributed by atoms with Gasteiger partial charge in [-0.05, 0) is 30.5 Å². The number of para-hydroxylation sites is 1. The maximum absolute atomic E-state index is 13.1. The third-order valence-corrected chi connectivity index (χ3v) is 4.78. The minimum atomic E-state index is -4.71. The van der Waals surface area contributed by atoms with Gasteiger partial charge in [0.25, 0.3) is 5.91 Å². The summed E-state index contributed by atoms with van der Waals surface area (Å²) in [6, 6.07) is 8.24. The number of anilines is 1. The summed E-state index contributed by atoms with van der Waals surface area (Å²) < 4.78 is 45.9. The molecule has 0 radical (unpaired) electrons. The number of hydrogen-bond donors (Lipinski definition) is 1. The molecule has 3 rings (SSSR count). The lowest BCUT2D eigenvalue weighted by atomic mass is 10.1. The molecular formula is C18H13ClF3N3O3S. The van der Waals surface area contributed by atoms with E-state index in [1.54, 1.807) is 35.1 Å². The molecule has 0 fully saturated rings. The van der Waals surface area contributed by atoms with Crippen LogP contribution in [0.4, 0.5) is 18.9 Å². The van der Waals surface area contributed by atoms with Crippen LogP contribution >= 0.6 is 23.4 Å². The van der Waals surface area contributed by atoms with Crippen LogP contribution in [-0.2, 0) is 15.7 Å². The van der Waals surface area contributed by atoms with Crippen LogP contribution in [0.3, 0.4) is 0 Å². The zero-order valence-corrected chi connectivity index (χ0v) is 16.4. The summed E-state index contributed by atoms with van der Waals surface area (Å²) in [5.41, 5.74) is -1.22. The number of benzene rings is 1. The Kier molecular flexibility index (Phi) is 6.04. The summed E-state index contributed by atoms with van der Waals surface area (Å²) in [6.45, 7) is -0.804. The van der Waals surface area contributed by atoms with Crippen LogP contribution in [0.2, 0.25) is 5.02 Å². The number of thioether (sulfide) groups is 1. The Balaban J connectivity index is 1.74. The Bertz CT molecular complexity index is 1090. The highest BCUT2D eigenvalue weighted by atomic mass is 35.5. The first-order valence-electron chi connectivity index (χ1n) is 8.06. The van der Waals surface area contributed by atoms with Crippen LogP contribution in [0.1, 0.15) is 16.1 Å². The number of halogens is 4. The monoisotopic (exact) mass is 443 g/mol. The molecule has 2 aromatic heterocycles. The second-order valence-electron chi connectivity index (χ2n) is 5.69.